The van der Waals surface area contributed by atoms with Crippen LogP contribution in [-0.2, 0) is 4.79 Å². The molecule has 118 valence electrons. The molecular formula is C16H25ClN2O2. The number of amides is 1. The van der Waals surface area contributed by atoms with Crippen LogP contribution in [0.15, 0.2) is 24.3 Å². The quantitative estimate of drug-likeness (QED) is 0.822. The van der Waals surface area contributed by atoms with Crippen LogP contribution in [0.3, 0.4) is 0 Å². The molecule has 21 heavy (non-hydrogen) atoms. The topological polar surface area (TPSA) is 50.4 Å². The normalized spacial score (nSPS) is 18.9. The number of carbonyl (C=O) groups is 1. The van der Waals surface area contributed by atoms with Gasteiger partial charge in [0.1, 0.15) is 11.4 Å². The first-order valence-electron chi connectivity index (χ1n) is 7.24. The van der Waals surface area contributed by atoms with Crippen LogP contribution in [0.25, 0.3) is 0 Å². The molecule has 0 aromatic heterocycles. The van der Waals surface area contributed by atoms with Crippen LogP contribution in [0, 0.1) is 0 Å². The van der Waals surface area contributed by atoms with E-state index in [-0.39, 0.29) is 30.0 Å². The number of benzene rings is 1. The van der Waals surface area contributed by atoms with Crippen molar-refractivity contribution in [2.75, 3.05) is 13.6 Å². The molecule has 1 atom stereocenters. The van der Waals surface area contributed by atoms with Gasteiger partial charge in [-0.1, -0.05) is 18.2 Å². The van der Waals surface area contributed by atoms with Crippen molar-refractivity contribution in [3.63, 3.8) is 0 Å². The maximum atomic E-state index is 12.0. The molecule has 1 amide bonds. The Morgan fingerprint density at radius 1 is 1.38 bits per heavy atom. The van der Waals surface area contributed by atoms with Crippen molar-refractivity contribution in [1.29, 1.82) is 0 Å². The Morgan fingerprint density at radius 2 is 2.10 bits per heavy atom. The minimum Gasteiger partial charge on any atom is -0.487 e. The van der Waals surface area contributed by atoms with Crippen molar-refractivity contribution in [2.24, 2.45) is 0 Å². The van der Waals surface area contributed by atoms with E-state index in [9.17, 15) is 4.79 Å². The zero-order valence-electron chi connectivity index (χ0n) is 12.9. The predicted octanol–water partition coefficient (Wildman–Crippen LogP) is 2.83. The number of para-hydroxylation sites is 1. The fraction of sp³-hybridized carbons (Fsp3) is 0.562. The minimum atomic E-state index is -0.253. The molecule has 1 unspecified atom stereocenters. The lowest BCUT2D eigenvalue weighted by molar-refractivity contribution is -0.122. The second-order valence-electron chi connectivity index (χ2n) is 5.93. The standard InChI is InChI=1S/C16H24N2O2.ClH/c1-16(2)11-13(18-15(19)9-6-10-17-3)12-7-4-5-8-14(12)20-16;/h4-5,7-8,13,17H,6,9-11H2,1-3H3,(H,18,19);1H. The molecule has 0 saturated carbocycles. The van der Waals surface area contributed by atoms with Gasteiger partial charge in [0.25, 0.3) is 0 Å². The van der Waals surface area contributed by atoms with Gasteiger partial charge < -0.3 is 15.4 Å². The fourth-order valence-electron chi connectivity index (χ4n) is 2.62. The van der Waals surface area contributed by atoms with E-state index in [0.29, 0.717) is 6.42 Å². The zero-order valence-corrected chi connectivity index (χ0v) is 13.8. The molecule has 1 aromatic carbocycles. The van der Waals surface area contributed by atoms with E-state index in [1.807, 2.05) is 31.3 Å². The maximum absolute atomic E-state index is 12.0. The molecule has 1 aromatic rings. The van der Waals surface area contributed by atoms with Crippen LogP contribution in [0.2, 0.25) is 0 Å². The Hall–Kier alpha value is -1.26. The Balaban J connectivity index is 0.00000220. The number of hydrogen-bond donors (Lipinski definition) is 2. The first kappa shape index (κ1) is 17.8. The highest BCUT2D eigenvalue weighted by Gasteiger charge is 2.34. The van der Waals surface area contributed by atoms with Crippen molar-refractivity contribution in [3.8, 4) is 5.75 Å². The van der Waals surface area contributed by atoms with E-state index in [0.717, 1.165) is 30.7 Å². The summed E-state index contributed by atoms with van der Waals surface area (Å²) in [7, 11) is 1.90. The molecule has 0 radical (unpaired) electrons. The lowest BCUT2D eigenvalue weighted by Gasteiger charge is -2.37. The molecular weight excluding hydrogens is 288 g/mol. The van der Waals surface area contributed by atoms with Crippen molar-refractivity contribution in [3.05, 3.63) is 29.8 Å². The molecule has 5 heteroatoms. The second-order valence-corrected chi connectivity index (χ2v) is 5.93. The van der Waals surface area contributed by atoms with Crippen LogP contribution < -0.4 is 15.4 Å². The van der Waals surface area contributed by atoms with Gasteiger partial charge in [-0.2, -0.15) is 0 Å². The summed E-state index contributed by atoms with van der Waals surface area (Å²) in [6.07, 6.45) is 2.21. The molecule has 1 aliphatic heterocycles. The lowest BCUT2D eigenvalue weighted by atomic mass is 9.89. The van der Waals surface area contributed by atoms with Crippen LogP contribution in [0.5, 0.6) is 5.75 Å². The lowest BCUT2D eigenvalue weighted by Crippen LogP contribution is -2.41. The van der Waals surface area contributed by atoms with Gasteiger partial charge in [0.15, 0.2) is 0 Å². The van der Waals surface area contributed by atoms with Gasteiger partial charge in [0.2, 0.25) is 5.91 Å². The van der Waals surface area contributed by atoms with E-state index < -0.39 is 0 Å². The van der Waals surface area contributed by atoms with Gasteiger partial charge in [0, 0.05) is 18.4 Å². The molecule has 2 N–H and O–H groups in total. The van der Waals surface area contributed by atoms with E-state index >= 15 is 0 Å². The summed E-state index contributed by atoms with van der Waals surface area (Å²) in [6, 6.07) is 7.99. The van der Waals surface area contributed by atoms with Gasteiger partial charge >= 0.3 is 0 Å². The van der Waals surface area contributed by atoms with Crippen LogP contribution in [0.4, 0.5) is 0 Å². The summed E-state index contributed by atoms with van der Waals surface area (Å²) >= 11 is 0. The first-order chi connectivity index (χ1) is 9.52. The third kappa shape index (κ3) is 4.90. The molecule has 1 aliphatic rings. The summed E-state index contributed by atoms with van der Waals surface area (Å²) in [4.78, 5) is 12.0. The highest BCUT2D eigenvalue weighted by molar-refractivity contribution is 5.85. The van der Waals surface area contributed by atoms with E-state index in [1.165, 1.54) is 0 Å². The Labute approximate surface area is 133 Å². The monoisotopic (exact) mass is 312 g/mol. The zero-order chi connectivity index (χ0) is 14.6. The van der Waals surface area contributed by atoms with Gasteiger partial charge in [-0.05, 0) is 39.9 Å². The van der Waals surface area contributed by atoms with Gasteiger partial charge in [-0.25, -0.2) is 0 Å². The van der Waals surface area contributed by atoms with Crippen molar-refractivity contribution in [2.45, 2.75) is 44.8 Å². The van der Waals surface area contributed by atoms with Crippen LogP contribution in [-0.4, -0.2) is 25.1 Å². The second kappa shape index (κ2) is 7.66. The highest BCUT2D eigenvalue weighted by atomic mass is 35.5. The number of ether oxygens (including phenoxy) is 1. The van der Waals surface area contributed by atoms with E-state index in [1.54, 1.807) is 0 Å². The number of rotatable bonds is 5. The molecule has 0 spiro atoms. The van der Waals surface area contributed by atoms with Gasteiger partial charge in [0.05, 0.1) is 6.04 Å². The average molecular weight is 313 g/mol. The molecule has 0 aliphatic carbocycles. The summed E-state index contributed by atoms with van der Waals surface area (Å²) in [5, 5.41) is 6.20. The number of nitrogens with one attached hydrogen (secondary N) is 2. The van der Waals surface area contributed by atoms with Crippen LogP contribution in [0.1, 0.15) is 44.7 Å². The summed E-state index contributed by atoms with van der Waals surface area (Å²) in [5.74, 6) is 0.988. The van der Waals surface area contributed by atoms with E-state index in [2.05, 4.69) is 24.5 Å². The summed E-state index contributed by atoms with van der Waals surface area (Å²) in [5.41, 5.74) is 0.825. The third-order valence-electron chi connectivity index (χ3n) is 3.54. The summed E-state index contributed by atoms with van der Waals surface area (Å²) in [6.45, 7) is 4.98. The first-order valence-corrected chi connectivity index (χ1v) is 7.24. The molecule has 2 rings (SSSR count). The Bertz CT molecular complexity index is 477. The SMILES string of the molecule is CNCCCC(=O)NC1CC(C)(C)Oc2ccccc21.Cl. The van der Waals surface area contributed by atoms with Gasteiger partial charge in [-0.3, -0.25) is 4.79 Å². The Kier molecular flexibility index (Phi) is 6.49. The number of carbonyl (C=O) groups excluding carboxylic acids is 1. The third-order valence-corrected chi connectivity index (χ3v) is 3.54. The number of halogens is 1. The fourth-order valence-corrected chi connectivity index (χ4v) is 2.62. The molecule has 1 heterocycles. The molecule has 0 saturated heterocycles. The van der Waals surface area contributed by atoms with Crippen LogP contribution >= 0.6 is 12.4 Å². The van der Waals surface area contributed by atoms with Crippen molar-refractivity contribution in [1.82, 2.24) is 10.6 Å². The molecule has 0 bridgehead atoms. The number of hydrogen-bond acceptors (Lipinski definition) is 3. The Morgan fingerprint density at radius 3 is 2.81 bits per heavy atom. The number of fused-ring (bicyclic) bond motifs is 1. The average Bonchev–Trinajstić information content (AvgIpc) is 2.37. The predicted molar refractivity (Wildman–Crippen MR) is 87.1 cm³/mol. The molecule has 4 nitrogen and oxygen atoms in total. The largest absolute Gasteiger partial charge is 0.487 e. The van der Waals surface area contributed by atoms with Gasteiger partial charge in [-0.15, -0.1) is 12.4 Å². The van der Waals surface area contributed by atoms with Crippen molar-refractivity contribution >= 4 is 18.3 Å². The highest BCUT2D eigenvalue weighted by Crippen LogP contribution is 2.39. The maximum Gasteiger partial charge on any atom is 0.220 e. The van der Waals surface area contributed by atoms with E-state index in [4.69, 9.17) is 4.74 Å². The summed E-state index contributed by atoms with van der Waals surface area (Å²) < 4.78 is 5.97. The molecule has 0 fully saturated rings. The smallest absolute Gasteiger partial charge is 0.220 e. The van der Waals surface area contributed by atoms with Crippen molar-refractivity contribution < 1.29 is 9.53 Å². The minimum absolute atomic E-state index is 0.